The van der Waals surface area contributed by atoms with Gasteiger partial charge in [0.1, 0.15) is 19.1 Å². The molecule has 0 aromatic carbocycles. The van der Waals surface area contributed by atoms with Gasteiger partial charge < -0.3 is 9.87 Å². The average molecular weight is 370 g/mol. The molecular weight excluding hydrogens is 359 g/mol. The van der Waals surface area contributed by atoms with E-state index in [1.54, 1.807) is 0 Å². The topological polar surface area (TPSA) is 164 Å². The molecule has 0 saturated carbocycles. The average Bonchev–Trinajstić information content (AvgIpc) is 2.69. The number of β-lactam (4-membered cyclic amide) rings is 1. The van der Waals surface area contributed by atoms with Crippen LogP contribution in [0.4, 0.5) is 4.79 Å². The first-order valence-electron chi connectivity index (χ1n) is 6.21. The van der Waals surface area contributed by atoms with Crippen LogP contribution in [0.15, 0.2) is 0 Å². The number of nitrogens with one attached hydrogen (secondary N) is 1. The monoisotopic (exact) mass is 370 g/mol. The molecule has 14 heteroatoms. The fourth-order valence-electron chi connectivity index (χ4n) is 2.03. The Morgan fingerprint density at radius 1 is 1.29 bits per heavy atom. The van der Waals surface area contributed by atoms with Crippen LogP contribution < -0.4 is 34.9 Å². The zero-order chi connectivity index (χ0) is 17.5. The van der Waals surface area contributed by atoms with E-state index in [2.05, 4.69) is 5.32 Å². The Morgan fingerprint density at radius 3 is 2.29 bits per heavy atom. The summed E-state index contributed by atoms with van der Waals surface area (Å²) < 4.78 is 31.9. The zero-order valence-electron chi connectivity index (χ0n) is 12.7. The molecule has 0 radical (unpaired) electrons. The molecule has 6 amide bonds. The van der Waals surface area contributed by atoms with Crippen LogP contribution in [0.3, 0.4) is 0 Å². The van der Waals surface area contributed by atoms with Crippen molar-refractivity contribution < 1.29 is 66.5 Å². The van der Waals surface area contributed by atoms with Crippen LogP contribution in [0, 0.1) is 0 Å². The summed E-state index contributed by atoms with van der Waals surface area (Å²) in [5.74, 6) is -3.42. The number of rotatable bonds is 4. The predicted molar refractivity (Wildman–Crippen MR) is 67.8 cm³/mol. The van der Waals surface area contributed by atoms with E-state index in [1.165, 1.54) is 0 Å². The van der Waals surface area contributed by atoms with Gasteiger partial charge in [-0.2, -0.15) is 0 Å². The maximum Gasteiger partial charge on any atom is 1.00 e. The first kappa shape index (κ1) is 20.5. The Morgan fingerprint density at radius 2 is 1.88 bits per heavy atom. The molecule has 2 aliphatic rings. The fraction of sp³-hybridized carbons (Fsp3) is 0.500. The third-order valence-electron chi connectivity index (χ3n) is 3.24. The van der Waals surface area contributed by atoms with E-state index >= 15 is 0 Å². The van der Waals surface area contributed by atoms with Crippen LogP contribution in [0.1, 0.15) is 6.92 Å². The van der Waals surface area contributed by atoms with E-state index in [-0.39, 0.29) is 33.9 Å². The maximum atomic E-state index is 11.7. The summed E-state index contributed by atoms with van der Waals surface area (Å²) in [5, 5.41) is 2.10. The van der Waals surface area contributed by atoms with Gasteiger partial charge in [-0.25, -0.2) is 17.5 Å². The van der Waals surface area contributed by atoms with Crippen molar-refractivity contribution in [3.8, 4) is 0 Å². The third-order valence-corrected chi connectivity index (χ3v) is 4.10. The van der Waals surface area contributed by atoms with Gasteiger partial charge in [0, 0.05) is 6.92 Å². The summed E-state index contributed by atoms with van der Waals surface area (Å²) in [5.41, 5.74) is 0. The van der Waals surface area contributed by atoms with Crippen molar-refractivity contribution in [2.45, 2.75) is 13.0 Å². The predicted octanol–water partition coefficient (Wildman–Crippen LogP) is -6.41. The first-order valence-corrected chi connectivity index (χ1v) is 7.58. The largest absolute Gasteiger partial charge is 1.00 e. The van der Waals surface area contributed by atoms with Gasteiger partial charge in [-0.05, 0) is 0 Å². The SMILES string of the molecule is CC(=O)N1CC(=O)N(CC(=O)NC2CN(S(=O)(=O)[O-])C2=O)C1=O.[Na+]. The fourth-order valence-corrected chi connectivity index (χ4v) is 2.71. The molecule has 1 N–H and O–H groups in total. The minimum absolute atomic E-state index is 0. The number of hydrogen-bond acceptors (Lipinski definition) is 8. The van der Waals surface area contributed by atoms with E-state index in [9.17, 15) is 36.9 Å². The summed E-state index contributed by atoms with van der Waals surface area (Å²) in [6.07, 6.45) is 0. The van der Waals surface area contributed by atoms with E-state index in [1.807, 2.05) is 0 Å². The van der Waals surface area contributed by atoms with Crippen molar-refractivity contribution in [3.63, 3.8) is 0 Å². The second-order valence-corrected chi connectivity index (χ2v) is 6.11. The van der Waals surface area contributed by atoms with Crippen molar-refractivity contribution >= 4 is 40.0 Å². The maximum absolute atomic E-state index is 11.7. The summed E-state index contributed by atoms with van der Waals surface area (Å²) in [6.45, 7) is -0.640. The number of carbonyl (C=O) groups is 5. The Bertz CT molecular complexity index is 722. The van der Waals surface area contributed by atoms with Gasteiger partial charge in [0.2, 0.25) is 11.8 Å². The third kappa shape index (κ3) is 3.92. The molecule has 2 saturated heterocycles. The molecule has 12 nitrogen and oxygen atoms in total. The minimum Gasteiger partial charge on any atom is -0.731 e. The summed E-state index contributed by atoms with van der Waals surface area (Å²) in [4.78, 5) is 58.7. The van der Waals surface area contributed by atoms with E-state index < -0.39 is 65.6 Å². The summed E-state index contributed by atoms with van der Waals surface area (Å²) in [7, 11) is -4.92. The van der Waals surface area contributed by atoms with Crippen LogP contribution in [0.5, 0.6) is 0 Å². The van der Waals surface area contributed by atoms with Gasteiger partial charge in [0.05, 0.1) is 6.54 Å². The smallest absolute Gasteiger partial charge is 0.731 e. The number of imide groups is 2. The van der Waals surface area contributed by atoms with Gasteiger partial charge in [-0.15, -0.1) is 0 Å². The first-order chi connectivity index (χ1) is 10.5. The van der Waals surface area contributed by atoms with Crippen LogP contribution in [-0.2, 0) is 29.5 Å². The van der Waals surface area contributed by atoms with Crippen molar-refractivity contribution in [1.29, 1.82) is 0 Å². The van der Waals surface area contributed by atoms with Crippen molar-refractivity contribution in [2.75, 3.05) is 19.6 Å². The molecule has 0 bridgehead atoms. The number of nitrogens with zero attached hydrogens (tertiary/aromatic N) is 3. The quantitative estimate of drug-likeness (QED) is 0.221. The molecule has 2 fully saturated rings. The second kappa shape index (κ2) is 7.14. The molecule has 24 heavy (non-hydrogen) atoms. The van der Waals surface area contributed by atoms with Gasteiger partial charge in [0.25, 0.3) is 11.8 Å². The number of amides is 6. The van der Waals surface area contributed by atoms with Crippen molar-refractivity contribution in [1.82, 2.24) is 19.4 Å². The minimum atomic E-state index is -4.92. The van der Waals surface area contributed by atoms with Crippen molar-refractivity contribution in [3.05, 3.63) is 0 Å². The summed E-state index contributed by atoms with van der Waals surface area (Å²) in [6, 6.07) is -2.18. The zero-order valence-corrected chi connectivity index (χ0v) is 15.5. The van der Waals surface area contributed by atoms with E-state index in [0.717, 1.165) is 6.92 Å². The van der Waals surface area contributed by atoms with E-state index in [0.29, 0.717) is 9.80 Å². The Labute approximate surface area is 158 Å². The molecule has 0 aromatic heterocycles. The molecule has 1 atom stereocenters. The van der Waals surface area contributed by atoms with Crippen LogP contribution >= 0.6 is 0 Å². The van der Waals surface area contributed by atoms with E-state index in [4.69, 9.17) is 0 Å². The molecule has 0 spiro atoms. The molecule has 0 aromatic rings. The standard InChI is InChI=1S/C10H12N4O8S.Na/c1-5(15)12-4-8(17)13(10(12)19)3-7(16)11-6-2-14(9(6)18)23(20,21)22;/h6H,2-4H2,1H3,(H,11,16)(H,20,21,22);/q;+1/p-1. The molecule has 0 aliphatic carbocycles. The second-order valence-electron chi connectivity index (χ2n) is 4.81. The van der Waals surface area contributed by atoms with Gasteiger partial charge in [-0.3, -0.25) is 29.0 Å². The Balaban J connectivity index is 0.00000288. The number of hydrogen-bond donors (Lipinski definition) is 1. The number of carbonyl (C=O) groups excluding carboxylic acids is 5. The van der Waals surface area contributed by atoms with Crippen molar-refractivity contribution in [2.24, 2.45) is 0 Å². The molecular formula is C10H11N4NaO8S. The summed E-state index contributed by atoms with van der Waals surface area (Å²) >= 11 is 0. The Kier molecular flexibility index (Phi) is 6.10. The molecule has 1 unspecified atom stereocenters. The van der Waals surface area contributed by atoms with Gasteiger partial charge in [-0.1, -0.05) is 0 Å². The molecule has 2 heterocycles. The van der Waals surface area contributed by atoms with Crippen LogP contribution in [-0.4, -0.2) is 82.4 Å². The molecule has 126 valence electrons. The van der Waals surface area contributed by atoms with Crippen LogP contribution in [0.2, 0.25) is 0 Å². The number of urea groups is 1. The van der Waals surface area contributed by atoms with Crippen LogP contribution in [0.25, 0.3) is 0 Å². The Hall–Kier alpha value is -1.54. The molecule has 2 rings (SSSR count). The van der Waals surface area contributed by atoms with Gasteiger partial charge in [0.15, 0.2) is 10.3 Å². The normalized spacial score (nSPS) is 20.7. The van der Waals surface area contributed by atoms with Gasteiger partial charge >= 0.3 is 35.6 Å². The molecule has 2 aliphatic heterocycles.